The summed E-state index contributed by atoms with van der Waals surface area (Å²) in [4.78, 5) is 14.4. The number of hydrogen-bond acceptors (Lipinski definition) is 3. The first-order valence-corrected chi connectivity index (χ1v) is 7.82. The van der Waals surface area contributed by atoms with Crippen LogP contribution in [0, 0.1) is 0 Å². The lowest BCUT2D eigenvalue weighted by atomic mass is 10.1. The molecule has 7 heteroatoms. The molecule has 0 unspecified atom stereocenters. The molecule has 2 aromatic carbocycles. The molecular formula is C19H16F3N3O. The smallest absolute Gasteiger partial charge is 0.378 e. The van der Waals surface area contributed by atoms with Crippen molar-refractivity contribution < 1.29 is 18.0 Å². The molecule has 0 saturated heterocycles. The van der Waals surface area contributed by atoms with Crippen molar-refractivity contribution in [1.29, 1.82) is 0 Å². The third-order valence-corrected chi connectivity index (χ3v) is 3.87. The second-order valence-electron chi connectivity index (χ2n) is 5.94. The van der Waals surface area contributed by atoms with Gasteiger partial charge in [0.15, 0.2) is 5.71 Å². The topological polar surface area (TPSA) is 35.9 Å². The molecule has 0 bridgehead atoms. The number of benzene rings is 2. The molecule has 4 nitrogen and oxygen atoms in total. The fraction of sp³-hybridized carbons (Fsp3) is 0.158. The Morgan fingerprint density at radius 3 is 2.15 bits per heavy atom. The van der Waals surface area contributed by atoms with Gasteiger partial charge in [-0.15, -0.1) is 0 Å². The van der Waals surface area contributed by atoms with Gasteiger partial charge in [-0.2, -0.15) is 23.3 Å². The average Bonchev–Trinajstić information content (AvgIpc) is 2.93. The third-order valence-electron chi connectivity index (χ3n) is 3.87. The molecule has 1 aliphatic heterocycles. The number of hydrogen-bond donors (Lipinski definition) is 0. The zero-order chi connectivity index (χ0) is 18.9. The highest BCUT2D eigenvalue weighted by Gasteiger charge is 2.46. The van der Waals surface area contributed by atoms with Gasteiger partial charge in [0.05, 0.1) is 11.3 Å². The van der Waals surface area contributed by atoms with Crippen LogP contribution in [-0.4, -0.2) is 31.9 Å². The van der Waals surface area contributed by atoms with Gasteiger partial charge in [0, 0.05) is 19.8 Å². The molecule has 1 aliphatic rings. The minimum absolute atomic E-state index is 0.283. The quantitative estimate of drug-likeness (QED) is 0.774. The van der Waals surface area contributed by atoms with Crippen LogP contribution < -0.4 is 9.91 Å². The number of rotatable bonds is 3. The van der Waals surface area contributed by atoms with E-state index in [0.717, 1.165) is 10.7 Å². The van der Waals surface area contributed by atoms with Gasteiger partial charge in [0.1, 0.15) is 0 Å². The van der Waals surface area contributed by atoms with Crippen molar-refractivity contribution in [2.24, 2.45) is 5.10 Å². The molecule has 134 valence electrons. The predicted octanol–water partition coefficient (Wildman–Crippen LogP) is 4.10. The molecule has 26 heavy (non-hydrogen) atoms. The predicted molar refractivity (Wildman–Crippen MR) is 96.2 cm³/mol. The van der Waals surface area contributed by atoms with Crippen LogP contribution in [0.15, 0.2) is 65.3 Å². The number of nitrogens with zero attached hydrogens (tertiary/aromatic N) is 3. The van der Waals surface area contributed by atoms with Gasteiger partial charge >= 0.3 is 6.18 Å². The van der Waals surface area contributed by atoms with Crippen LogP contribution in [0.1, 0.15) is 5.56 Å². The zero-order valence-corrected chi connectivity index (χ0v) is 14.2. The first-order chi connectivity index (χ1) is 12.3. The number of alkyl halides is 3. The van der Waals surface area contributed by atoms with Gasteiger partial charge in [-0.3, -0.25) is 4.79 Å². The highest BCUT2D eigenvalue weighted by molar-refractivity contribution is 6.34. The maximum absolute atomic E-state index is 13.4. The molecule has 0 spiro atoms. The minimum atomic E-state index is -4.73. The Labute approximate surface area is 148 Å². The summed E-state index contributed by atoms with van der Waals surface area (Å²) in [6.45, 7) is 0. The summed E-state index contributed by atoms with van der Waals surface area (Å²) in [7, 11) is 3.72. The molecule has 1 amide bonds. The number of anilines is 2. The average molecular weight is 359 g/mol. The molecule has 0 N–H and O–H groups in total. The molecule has 3 rings (SSSR count). The summed E-state index contributed by atoms with van der Waals surface area (Å²) in [5, 5.41) is 4.31. The second-order valence-corrected chi connectivity index (χ2v) is 5.94. The van der Waals surface area contributed by atoms with Crippen molar-refractivity contribution in [2.75, 3.05) is 24.0 Å². The van der Waals surface area contributed by atoms with Crippen LogP contribution >= 0.6 is 0 Å². The lowest BCUT2D eigenvalue weighted by molar-refractivity contribution is -0.114. The lowest BCUT2D eigenvalue weighted by Gasteiger charge is -2.12. The Balaban J connectivity index is 2.02. The minimum Gasteiger partial charge on any atom is -0.378 e. The second kappa shape index (κ2) is 6.67. The molecule has 1 heterocycles. The fourth-order valence-corrected chi connectivity index (χ4v) is 2.53. The van der Waals surface area contributed by atoms with E-state index >= 15 is 0 Å². The number of para-hydroxylation sites is 1. The van der Waals surface area contributed by atoms with Crippen molar-refractivity contribution in [3.63, 3.8) is 0 Å². The van der Waals surface area contributed by atoms with E-state index in [4.69, 9.17) is 0 Å². The summed E-state index contributed by atoms with van der Waals surface area (Å²) in [5.41, 5.74) is 0.0129. The van der Waals surface area contributed by atoms with E-state index in [0.29, 0.717) is 5.56 Å². The van der Waals surface area contributed by atoms with Gasteiger partial charge in [-0.05, 0) is 35.9 Å². The van der Waals surface area contributed by atoms with E-state index in [1.165, 1.54) is 18.2 Å². The van der Waals surface area contributed by atoms with Crippen LogP contribution in [0.3, 0.4) is 0 Å². The molecule has 0 aromatic heterocycles. The molecule has 2 aromatic rings. The normalized spacial score (nSPS) is 16.2. The zero-order valence-electron chi connectivity index (χ0n) is 14.2. The summed E-state index contributed by atoms with van der Waals surface area (Å²) in [6.07, 6.45) is -3.51. The Bertz CT molecular complexity index is 869. The monoisotopic (exact) mass is 359 g/mol. The van der Waals surface area contributed by atoms with Gasteiger partial charge in [-0.25, -0.2) is 0 Å². The summed E-state index contributed by atoms with van der Waals surface area (Å²) in [6, 6.07) is 14.9. The summed E-state index contributed by atoms with van der Waals surface area (Å²) >= 11 is 0. The van der Waals surface area contributed by atoms with Crippen molar-refractivity contribution in [3.05, 3.63) is 65.7 Å². The summed E-state index contributed by atoms with van der Waals surface area (Å²) < 4.78 is 40.2. The molecule has 0 atom stereocenters. The van der Waals surface area contributed by atoms with Crippen LogP contribution in [0.25, 0.3) is 6.08 Å². The molecule has 0 radical (unpaired) electrons. The highest BCUT2D eigenvalue weighted by atomic mass is 19.4. The first kappa shape index (κ1) is 17.7. The van der Waals surface area contributed by atoms with Crippen LogP contribution in [0.4, 0.5) is 24.5 Å². The van der Waals surface area contributed by atoms with E-state index in [1.807, 2.05) is 19.0 Å². The molecule has 0 aliphatic carbocycles. The number of amides is 1. The Kier molecular flexibility index (Phi) is 4.54. The van der Waals surface area contributed by atoms with Crippen molar-refractivity contribution >= 4 is 29.1 Å². The van der Waals surface area contributed by atoms with E-state index in [-0.39, 0.29) is 5.69 Å². The Morgan fingerprint density at radius 1 is 1.00 bits per heavy atom. The SMILES string of the molecule is CN(C)c1ccc(C=C2C(=O)N(c3ccccc3)N=C2C(F)(F)F)cc1. The van der Waals surface area contributed by atoms with Crippen LogP contribution in [0.2, 0.25) is 0 Å². The summed E-state index contributed by atoms with van der Waals surface area (Å²) in [5.74, 6) is -0.805. The van der Waals surface area contributed by atoms with Crippen LogP contribution in [-0.2, 0) is 4.79 Å². The van der Waals surface area contributed by atoms with E-state index in [2.05, 4.69) is 5.10 Å². The molecular weight excluding hydrogens is 343 g/mol. The number of carbonyl (C=O) groups excluding carboxylic acids is 1. The van der Waals surface area contributed by atoms with Gasteiger partial charge in [-0.1, -0.05) is 30.3 Å². The Hall–Kier alpha value is -3.09. The van der Waals surface area contributed by atoms with Gasteiger partial charge < -0.3 is 4.90 Å². The van der Waals surface area contributed by atoms with E-state index in [1.54, 1.807) is 42.5 Å². The van der Waals surface area contributed by atoms with Gasteiger partial charge in [0.2, 0.25) is 0 Å². The standard InChI is InChI=1S/C19H16F3N3O/c1-24(2)14-10-8-13(9-11-14)12-16-17(19(20,21)22)23-25(18(16)26)15-6-4-3-5-7-15/h3-12H,1-2H3. The van der Waals surface area contributed by atoms with Crippen molar-refractivity contribution in [3.8, 4) is 0 Å². The van der Waals surface area contributed by atoms with Crippen molar-refractivity contribution in [2.45, 2.75) is 6.18 Å². The number of carbonyl (C=O) groups is 1. The Morgan fingerprint density at radius 2 is 1.62 bits per heavy atom. The number of hydrazone groups is 1. The molecule has 0 saturated carbocycles. The van der Waals surface area contributed by atoms with E-state index in [9.17, 15) is 18.0 Å². The maximum atomic E-state index is 13.4. The highest BCUT2D eigenvalue weighted by Crippen LogP contribution is 2.32. The van der Waals surface area contributed by atoms with Crippen molar-refractivity contribution in [1.82, 2.24) is 0 Å². The maximum Gasteiger partial charge on any atom is 0.435 e. The number of halogens is 3. The fourth-order valence-electron chi connectivity index (χ4n) is 2.53. The first-order valence-electron chi connectivity index (χ1n) is 7.82. The molecule has 0 fully saturated rings. The third kappa shape index (κ3) is 3.46. The van der Waals surface area contributed by atoms with Crippen LogP contribution in [0.5, 0.6) is 0 Å². The van der Waals surface area contributed by atoms with E-state index < -0.39 is 23.4 Å². The van der Waals surface area contributed by atoms with Gasteiger partial charge in [0.25, 0.3) is 5.91 Å². The lowest BCUT2D eigenvalue weighted by Crippen LogP contribution is -2.25. The largest absolute Gasteiger partial charge is 0.435 e.